The van der Waals surface area contributed by atoms with Crippen LogP contribution in [-0.4, -0.2) is 46.5 Å². The summed E-state index contributed by atoms with van der Waals surface area (Å²) in [5.74, 6) is -0.703. The zero-order valence-corrected chi connectivity index (χ0v) is 20.5. The molecule has 1 fully saturated rings. The zero-order valence-electron chi connectivity index (χ0n) is 18.9. The molecule has 2 atom stereocenters. The molecule has 7 nitrogen and oxygen atoms in total. The van der Waals surface area contributed by atoms with Gasteiger partial charge in [-0.1, -0.05) is 18.2 Å². The molecule has 5 heterocycles. The van der Waals surface area contributed by atoms with E-state index in [4.69, 9.17) is 4.74 Å². The lowest BCUT2D eigenvalue weighted by molar-refractivity contribution is -0.0197. The number of morpholine rings is 1. The Labute approximate surface area is 213 Å². The average molecular weight is 522 g/mol. The molecule has 0 aliphatic carbocycles. The van der Waals surface area contributed by atoms with Gasteiger partial charge in [0.25, 0.3) is 5.91 Å². The fraction of sp³-hybridized carbons (Fsp3) is 0.231. The van der Waals surface area contributed by atoms with Crippen molar-refractivity contribution < 1.29 is 19.0 Å². The summed E-state index contributed by atoms with van der Waals surface area (Å²) in [6.45, 7) is 0.953. The molecule has 1 saturated heterocycles. The third-order valence-electron chi connectivity index (χ3n) is 7.11. The highest BCUT2D eigenvalue weighted by molar-refractivity contribution is 7.99. The van der Waals surface area contributed by atoms with Crippen LogP contribution in [0.3, 0.4) is 0 Å². The van der Waals surface area contributed by atoms with Crippen molar-refractivity contribution in [1.82, 2.24) is 9.58 Å². The first-order chi connectivity index (χ1) is 17.5. The SMILES string of the molecule is O=C1c2c(O)c(=O)ccn2N([C@@H]2c3ccc(F)cc3CSc3c2ccc2ccsc32)[C@@H]2COCCN12. The monoisotopic (exact) mass is 521 g/mol. The standard InChI is InChI=1S/C26H20FN3O4S2/c27-16-2-4-17-15(11-16)13-36-25-18(3-1-14-6-10-35-24(14)25)21(17)30-20-12-34-9-8-28(20)26(33)22-23(32)19(31)5-7-29(22)30/h1-7,10-11,20-21,32H,8-9,12-13H2/t20-,21-/m1/s1. The van der Waals surface area contributed by atoms with Crippen molar-refractivity contribution in [2.24, 2.45) is 0 Å². The molecule has 3 aliphatic rings. The van der Waals surface area contributed by atoms with Gasteiger partial charge < -0.3 is 14.7 Å². The third-order valence-corrected chi connectivity index (χ3v) is 9.37. The number of carbonyl (C=O) groups excluding carboxylic acids is 1. The fourth-order valence-corrected chi connectivity index (χ4v) is 7.80. The van der Waals surface area contributed by atoms with Crippen molar-refractivity contribution >= 4 is 39.1 Å². The predicted molar refractivity (Wildman–Crippen MR) is 136 cm³/mol. The van der Waals surface area contributed by atoms with E-state index in [-0.39, 0.29) is 18.1 Å². The van der Waals surface area contributed by atoms with Gasteiger partial charge in [-0.25, -0.2) is 4.39 Å². The minimum Gasteiger partial charge on any atom is -0.502 e. The molecule has 0 saturated carbocycles. The smallest absolute Gasteiger partial charge is 0.278 e. The molecule has 0 radical (unpaired) electrons. The van der Waals surface area contributed by atoms with Gasteiger partial charge in [-0.05, 0) is 45.7 Å². The molecule has 0 spiro atoms. The van der Waals surface area contributed by atoms with Gasteiger partial charge in [-0.15, -0.1) is 23.1 Å². The molecular formula is C26H20FN3O4S2. The lowest BCUT2D eigenvalue weighted by Gasteiger charge is -2.51. The summed E-state index contributed by atoms with van der Waals surface area (Å²) in [5.41, 5.74) is 2.10. The van der Waals surface area contributed by atoms with Crippen molar-refractivity contribution in [2.45, 2.75) is 22.9 Å². The molecule has 3 aliphatic heterocycles. The number of hydrogen-bond acceptors (Lipinski definition) is 7. The van der Waals surface area contributed by atoms with E-state index in [0.717, 1.165) is 31.7 Å². The predicted octanol–water partition coefficient (Wildman–Crippen LogP) is 4.05. The Morgan fingerprint density at radius 3 is 2.83 bits per heavy atom. The number of carbonyl (C=O) groups is 1. The number of nitrogens with zero attached hydrogens (tertiary/aromatic N) is 3. The maximum atomic E-state index is 14.4. The molecule has 1 amide bonds. The fourth-order valence-electron chi connectivity index (χ4n) is 5.49. The Hall–Kier alpha value is -3.34. The number of aromatic nitrogens is 1. The number of thioether (sulfide) groups is 1. The van der Waals surface area contributed by atoms with Crippen LogP contribution >= 0.6 is 23.1 Å². The molecule has 2 aromatic heterocycles. The van der Waals surface area contributed by atoms with Crippen LogP contribution in [0.15, 0.2) is 63.7 Å². The van der Waals surface area contributed by atoms with E-state index in [1.54, 1.807) is 44.8 Å². The van der Waals surface area contributed by atoms with Crippen molar-refractivity contribution in [1.29, 1.82) is 0 Å². The largest absolute Gasteiger partial charge is 0.502 e. The molecule has 2 aromatic carbocycles. The molecule has 10 heteroatoms. The van der Waals surface area contributed by atoms with E-state index in [1.807, 2.05) is 5.01 Å². The van der Waals surface area contributed by atoms with Crippen molar-refractivity contribution in [3.63, 3.8) is 0 Å². The van der Waals surface area contributed by atoms with Gasteiger partial charge in [0.2, 0.25) is 5.43 Å². The molecule has 36 heavy (non-hydrogen) atoms. The third kappa shape index (κ3) is 3.07. The number of pyridine rings is 1. The minimum absolute atomic E-state index is 0.0695. The van der Waals surface area contributed by atoms with Crippen LogP contribution in [0.5, 0.6) is 5.75 Å². The number of aromatic hydroxyl groups is 1. The van der Waals surface area contributed by atoms with E-state index in [0.29, 0.717) is 18.9 Å². The minimum atomic E-state index is -0.610. The van der Waals surface area contributed by atoms with Gasteiger partial charge in [-0.3, -0.25) is 19.3 Å². The van der Waals surface area contributed by atoms with Crippen molar-refractivity contribution in [3.05, 3.63) is 92.5 Å². The Morgan fingerprint density at radius 1 is 1.08 bits per heavy atom. The number of thiophene rings is 1. The quantitative estimate of drug-likeness (QED) is 0.407. The van der Waals surface area contributed by atoms with E-state index in [9.17, 15) is 19.1 Å². The summed E-state index contributed by atoms with van der Waals surface area (Å²) >= 11 is 3.34. The highest BCUT2D eigenvalue weighted by Gasteiger charge is 2.46. The second kappa shape index (κ2) is 8.09. The maximum Gasteiger partial charge on any atom is 0.278 e. The first-order valence-electron chi connectivity index (χ1n) is 11.6. The topological polar surface area (TPSA) is 75.0 Å². The van der Waals surface area contributed by atoms with Gasteiger partial charge >= 0.3 is 0 Å². The molecule has 0 bridgehead atoms. The van der Waals surface area contributed by atoms with Crippen molar-refractivity contribution in [3.8, 4) is 5.75 Å². The first-order valence-corrected chi connectivity index (χ1v) is 13.4. The van der Waals surface area contributed by atoms with Gasteiger partial charge in [0.15, 0.2) is 11.4 Å². The molecular weight excluding hydrogens is 501 g/mol. The van der Waals surface area contributed by atoms with Crippen molar-refractivity contribution in [2.75, 3.05) is 24.8 Å². The summed E-state index contributed by atoms with van der Waals surface area (Å²) in [6.07, 6.45) is 1.05. The number of halogens is 1. The van der Waals surface area contributed by atoms with Gasteiger partial charge in [0.05, 0.1) is 19.3 Å². The van der Waals surface area contributed by atoms with Crippen LogP contribution in [0.1, 0.15) is 33.2 Å². The Morgan fingerprint density at radius 2 is 1.94 bits per heavy atom. The van der Waals surface area contributed by atoms with Gasteiger partial charge in [0.1, 0.15) is 12.0 Å². The average Bonchev–Trinajstić information content (AvgIpc) is 3.31. The number of amides is 1. The summed E-state index contributed by atoms with van der Waals surface area (Å²) < 4.78 is 23.0. The molecule has 4 aromatic rings. The van der Waals surface area contributed by atoms with Crippen LogP contribution in [0.25, 0.3) is 10.1 Å². The highest BCUT2D eigenvalue weighted by atomic mass is 32.2. The van der Waals surface area contributed by atoms with Crippen LogP contribution in [0, 0.1) is 5.82 Å². The summed E-state index contributed by atoms with van der Waals surface area (Å²) in [6, 6.07) is 11.9. The Kier molecular flexibility index (Phi) is 4.92. The zero-order chi connectivity index (χ0) is 24.6. The number of ether oxygens (including phenoxy) is 1. The Balaban J connectivity index is 1.55. The second-order valence-corrected chi connectivity index (χ2v) is 10.9. The lowest BCUT2D eigenvalue weighted by atomic mass is 9.93. The summed E-state index contributed by atoms with van der Waals surface area (Å²) in [4.78, 5) is 28.6. The number of benzene rings is 2. The first kappa shape index (κ1) is 21.9. The van der Waals surface area contributed by atoms with Crippen LogP contribution < -0.4 is 10.4 Å². The summed E-state index contributed by atoms with van der Waals surface area (Å²) in [5, 5.41) is 15.9. The van der Waals surface area contributed by atoms with Gasteiger partial charge in [0, 0.05) is 34.2 Å². The molecule has 182 valence electrons. The van der Waals surface area contributed by atoms with Crippen LogP contribution in [0.4, 0.5) is 4.39 Å². The highest BCUT2D eigenvalue weighted by Crippen LogP contribution is 2.47. The number of hydrogen-bond donors (Lipinski definition) is 1. The number of fused-ring (bicyclic) bond motifs is 6. The summed E-state index contributed by atoms with van der Waals surface area (Å²) in [7, 11) is 0. The lowest BCUT2D eigenvalue weighted by Crippen LogP contribution is -2.66. The molecule has 0 unspecified atom stereocenters. The maximum absolute atomic E-state index is 14.4. The van der Waals surface area contributed by atoms with Crippen LogP contribution in [0.2, 0.25) is 0 Å². The number of rotatable bonds is 1. The van der Waals surface area contributed by atoms with Crippen LogP contribution in [-0.2, 0) is 10.5 Å². The van der Waals surface area contributed by atoms with E-state index < -0.39 is 29.3 Å². The molecule has 1 N–H and O–H groups in total. The second-order valence-electron chi connectivity index (χ2n) is 9.01. The Bertz CT molecular complexity index is 1620. The van der Waals surface area contributed by atoms with E-state index in [1.165, 1.54) is 18.3 Å². The normalized spacial score (nSPS) is 21.0. The van der Waals surface area contributed by atoms with Gasteiger partial charge in [-0.2, -0.15) is 0 Å². The van der Waals surface area contributed by atoms with E-state index in [2.05, 4.69) is 23.6 Å². The molecule has 7 rings (SSSR count). The van der Waals surface area contributed by atoms with E-state index >= 15 is 0 Å².